The number of ether oxygens (including phenoxy) is 1. The zero-order valence-corrected chi connectivity index (χ0v) is 9.25. The summed E-state index contributed by atoms with van der Waals surface area (Å²) < 4.78 is 5.39. The summed E-state index contributed by atoms with van der Waals surface area (Å²) in [5, 5.41) is 10.5. The highest BCUT2D eigenvalue weighted by atomic mass is 16.6. The van der Waals surface area contributed by atoms with Gasteiger partial charge in [-0.05, 0) is 24.6 Å². The Balaban J connectivity index is 2.19. The van der Waals surface area contributed by atoms with Crippen LogP contribution in [0.4, 0.5) is 5.69 Å². The molecule has 0 bridgehead atoms. The number of carbonyl (C=O) groups is 1. The SMILES string of the molecule is CC1=COC(c2ccc([N+](=O)[O-])cc2)CC1=O. The van der Waals surface area contributed by atoms with E-state index in [1.165, 1.54) is 18.4 Å². The molecule has 0 spiro atoms. The van der Waals surface area contributed by atoms with Gasteiger partial charge in [0.1, 0.15) is 6.10 Å². The van der Waals surface area contributed by atoms with Crippen LogP contribution in [-0.4, -0.2) is 10.7 Å². The lowest BCUT2D eigenvalue weighted by Gasteiger charge is -2.21. The van der Waals surface area contributed by atoms with E-state index in [9.17, 15) is 14.9 Å². The van der Waals surface area contributed by atoms with Crippen molar-refractivity contribution in [3.63, 3.8) is 0 Å². The lowest BCUT2D eigenvalue weighted by molar-refractivity contribution is -0.384. The predicted octanol–water partition coefficient (Wildman–Crippen LogP) is 2.53. The summed E-state index contributed by atoms with van der Waals surface area (Å²) in [5.74, 6) is 0.0413. The summed E-state index contributed by atoms with van der Waals surface area (Å²) in [5.41, 5.74) is 1.40. The van der Waals surface area contributed by atoms with Crippen molar-refractivity contribution in [2.24, 2.45) is 0 Å². The molecule has 0 saturated carbocycles. The number of carbonyl (C=O) groups excluding carboxylic acids is 1. The van der Waals surface area contributed by atoms with Gasteiger partial charge in [0.2, 0.25) is 0 Å². The van der Waals surface area contributed by atoms with Gasteiger partial charge < -0.3 is 4.74 Å². The van der Waals surface area contributed by atoms with E-state index in [-0.39, 0.29) is 24.0 Å². The molecule has 0 aromatic heterocycles. The second-order valence-electron chi connectivity index (χ2n) is 3.90. The molecule has 0 N–H and O–H groups in total. The maximum absolute atomic E-state index is 11.5. The Morgan fingerprint density at radius 2 is 2.00 bits per heavy atom. The summed E-state index contributed by atoms with van der Waals surface area (Å²) in [6.07, 6.45) is 1.38. The van der Waals surface area contributed by atoms with Gasteiger partial charge in [0, 0.05) is 17.7 Å². The monoisotopic (exact) mass is 233 g/mol. The first-order chi connectivity index (χ1) is 8.08. The van der Waals surface area contributed by atoms with Crippen LogP contribution in [0, 0.1) is 10.1 Å². The first kappa shape index (κ1) is 11.3. The zero-order chi connectivity index (χ0) is 12.4. The first-order valence-electron chi connectivity index (χ1n) is 5.17. The fourth-order valence-electron chi connectivity index (χ4n) is 1.63. The van der Waals surface area contributed by atoms with Crippen LogP contribution in [0.2, 0.25) is 0 Å². The molecule has 0 amide bonds. The normalized spacial score (nSPS) is 19.5. The Bertz CT molecular complexity index is 490. The average Bonchev–Trinajstić information content (AvgIpc) is 2.33. The molecule has 0 radical (unpaired) electrons. The number of nitrogens with zero attached hydrogens (tertiary/aromatic N) is 1. The van der Waals surface area contributed by atoms with E-state index < -0.39 is 4.92 Å². The van der Waals surface area contributed by atoms with Gasteiger partial charge in [-0.25, -0.2) is 0 Å². The molecule has 2 rings (SSSR count). The van der Waals surface area contributed by atoms with Crippen molar-refractivity contribution in [3.05, 3.63) is 51.8 Å². The van der Waals surface area contributed by atoms with Crippen LogP contribution in [0.25, 0.3) is 0 Å². The van der Waals surface area contributed by atoms with Crippen LogP contribution < -0.4 is 0 Å². The van der Waals surface area contributed by atoms with Crippen LogP contribution >= 0.6 is 0 Å². The number of non-ortho nitro benzene ring substituents is 1. The summed E-state index contributed by atoms with van der Waals surface area (Å²) >= 11 is 0. The number of hydrogen-bond acceptors (Lipinski definition) is 4. The quantitative estimate of drug-likeness (QED) is 0.581. The van der Waals surface area contributed by atoms with Crippen molar-refractivity contribution in [1.29, 1.82) is 0 Å². The van der Waals surface area contributed by atoms with Crippen molar-refractivity contribution in [2.75, 3.05) is 0 Å². The Kier molecular flexibility index (Phi) is 2.91. The standard InChI is InChI=1S/C12H11NO4/c1-8-7-17-12(6-11(8)14)9-2-4-10(5-3-9)13(15)16/h2-5,7,12H,6H2,1H3. The number of nitro benzene ring substituents is 1. The molecule has 88 valence electrons. The molecule has 5 heteroatoms. The van der Waals surface area contributed by atoms with Crippen LogP contribution in [-0.2, 0) is 9.53 Å². The predicted molar refractivity (Wildman–Crippen MR) is 60.3 cm³/mol. The van der Waals surface area contributed by atoms with Crippen molar-refractivity contribution in [3.8, 4) is 0 Å². The Morgan fingerprint density at radius 1 is 1.35 bits per heavy atom. The number of rotatable bonds is 2. The minimum absolute atomic E-state index is 0.0302. The highest BCUT2D eigenvalue weighted by Gasteiger charge is 2.22. The van der Waals surface area contributed by atoms with E-state index in [1.54, 1.807) is 19.1 Å². The van der Waals surface area contributed by atoms with Crippen LogP contribution in [0.1, 0.15) is 25.0 Å². The lowest BCUT2D eigenvalue weighted by atomic mass is 9.99. The molecule has 1 aromatic carbocycles. The number of benzene rings is 1. The van der Waals surface area contributed by atoms with Gasteiger partial charge >= 0.3 is 0 Å². The number of allylic oxidation sites excluding steroid dienone is 1. The molecule has 1 aliphatic rings. The van der Waals surface area contributed by atoms with Crippen molar-refractivity contribution < 1.29 is 14.5 Å². The lowest BCUT2D eigenvalue weighted by Crippen LogP contribution is -2.14. The molecule has 5 nitrogen and oxygen atoms in total. The molecular weight excluding hydrogens is 222 g/mol. The van der Waals surface area contributed by atoms with Crippen LogP contribution in [0.3, 0.4) is 0 Å². The van der Waals surface area contributed by atoms with Gasteiger partial charge in [0.05, 0.1) is 17.6 Å². The molecule has 1 aliphatic heterocycles. The third-order valence-electron chi connectivity index (χ3n) is 2.70. The Morgan fingerprint density at radius 3 is 2.53 bits per heavy atom. The fourth-order valence-corrected chi connectivity index (χ4v) is 1.63. The van der Waals surface area contributed by atoms with Gasteiger partial charge in [-0.3, -0.25) is 14.9 Å². The molecule has 1 aromatic rings. The maximum Gasteiger partial charge on any atom is 0.269 e. The summed E-state index contributed by atoms with van der Waals surface area (Å²) in [6.45, 7) is 1.70. The van der Waals surface area contributed by atoms with Gasteiger partial charge in [-0.1, -0.05) is 0 Å². The molecule has 17 heavy (non-hydrogen) atoms. The highest BCUT2D eigenvalue weighted by molar-refractivity contribution is 5.95. The van der Waals surface area contributed by atoms with Gasteiger partial charge in [0.15, 0.2) is 5.78 Å². The van der Waals surface area contributed by atoms with E-state index in [0.29, 0.717) is 5.57 Å². The third-order valence-corrected chi connectivity index (χ3v) is 2.70. The Labute approximate surface area is 97.9 Å². The van der Waals surface area contributed by atoms with Crippen molar-refractivity contribution in [1.82, 2.24) is 0 Å². The van der Waals surface area contributed by atoms with Crippen LogP contribution in [0.5, 0.6) is 0 Å². The molecule has 0 saturated heterocycles. The minimum atomic E-state index is -0.458. The van der Waals surface area contributed by atoms with E-state index in [4.69, 9.17) is 4.74 Å². The van der Waals surface area contributed by atoms with E-state index in [2.05, 4.69) is 0 Å². The summed E-state index contributed by atoms with van der Waals surface area (Å²) in [4.78, 5) is 21.5. The largest absolute Gasteiger partial charge is 0.492 e. The number of nitro groups is 1. The van der Waals surface area contributed by atoms with Gasteiger partial charge in [-0.2, -0.15) is 0 Å². The topological polar surface area (TPSA) is 69.4 Å². The molecular formula is C12H11NO4. The maximum atomic E-state index is 11.5. The highest BCUT2D eigenvalue weighted by Crippen LogP contribution is 2.28. The second kappa shape index (κ2) is 4.37. The number of ketones is 1. The molecule has 0 aliphatic carbocycles. The van der Waals surface area contributed by atoms with Gasteiger partial charge in [0.25, 0.3) is 5.69 Å². The first-order valence-corrected chi connectivity index (χ1v) is 5.17. The van der Waals surface area contributed by atoms with Crippen molar-refractivity contribution in [2.45, 2.75) is 19.4 Å². The molecule has 1 atom stereocenters. The second-order valence-corrected chi connectivity index (χ2v) is 3.90. The van der Waals surface area contributed by atoms with Gasteiger partial charge in [-0.15, -0.1) is 0 Å². The third kappa shape index (κ3) is 2.33. The average molecular weight is 233 g/mol. The minimum Gasteiger partial charge on any atom is -0.492 e. The number of hydrogen-bond donors (Lipinski definition) is 0. The van der Waals surface area contributed by atoms with E-state index in [1.807, 2.05) is 0 Å². The number of Topliss-reactive ketones (excluding diaryl/α,β-unsaturated/α-hetero) is 1. The molecule has 0 fully saturated rings. The van der Waals surface area contributed by atoms with Crippen molar-refractivity contribution >= 4 is 11.5 Å². The molecule has 1 heterocycles. The zero-order valence-electron chi connectivity index (χ0n) is 9.25. The van der Waals surface area contributed by atoms with E-state index >= 15 is 0 Å². The van der Waals surface area contributed by atoms with E-state index in [0.717, 1.165) is 5.56 Å². The Hall–Kier alpha value is -2.17. The molecule has 1 unspecified atom stereocenters. The summed E-state index contributed by atoms with van der Waals surface area (Å²) in [7, 11) is 0. The smallest absolute Gasteiger partial charge is 0.269 e. The summed E-state index contributed by atoms with van der Waals surface area (Å²) in [6, 6.07) is 6.05. The van der Waals surface area contributed by atoms with Crippen LogP contribution in [0.15, 0.2) is 36.1 Å². The fraction of sp³-hybridized carbons (Fsp3) is 0.250.